The number of anilines is 1. The monoisotopic (exact) mass is 561 g/mol. The molecule has 2 aliphatic rings. The summed E-state index contributed by atoms with van der Waals surface area (Å²) in [4.78, 5) is 20.3. The summed E-state index contributed by atoms with van der Waals surface area (Å²) < 4.78 is 21.8. The number of nitrogens with one attached hydrogen (secondary N) is 1. The highest BCUT2D eigenvalue weighted by Crippen LogP contribution is 2.30. The standard InChI is InChI=1S/C33H44FN5O2/c1-22-31(34)23(2)39(37-22)29-10-6-8-26(18-29)27(19-30(40)41-33(3,4)5)21-38-17-15-24(20-38)11-13-28-14-12-25-9-7-16-35-32(25)36-28/h6,8,10,12,14,18,24,27H,7,9,11,13,15-17,19-21H2,1-5H3,(H,35,36). The van der Waals surface area contributed by atoms with Crippen LogP contribution >= 0.6 is 0 Å². The molecule has 1 aromatic carbocycles. The average molecular weight is 562 g/mol. The van der Waals surface area contributed by atoms with Crippen LogP contribution in [-0.2, 0) is 22.4 Å². The van der Waals surface area contributed by atoms with Gasteiger partial charge in [-0.05, 0) is 109 Å². The Balaban J connectivity index is 1.27. The molecule has 4 heterocycles. The Morgan fingerprint density at radius 3 is 2.80 bits per heavy atom. The topological polar surface area (TPSA) is 72.3 Å². The highest BCUT2D eigenvalue weighted by Gasteiger charge is 2.28. The molecule has 2 aliphatic heterocycles. The number of likely N-dealkylation sites (tertiary alicyclic amines) is 1. The molecule has 8 heteroatoms. The van der Waals surface area contributed by atoms with Crippen molar-refractivity contribution in [1.82, 2.24) is 19.7 Å². The average Bonchev–Trinajstić information content (AvgIpc) is 3.49. The predicted molar refractivity (Wildman–Crippen MR) is 160 cm³/mol. The number of esters is 1. The van der Waals surface area contributed by atoms with Gasteiger partial charge in [0, 0.05) is 31.2 Å². The first-order chi connectivity index (χ1) is 19.6. The van der Waals surface area contributed by atoms with E-state index >= 15 is 0 Å². The number of hydrogen-bond acceptors (Lipinski definition) is 6. The molecule has 1 N–H and O–H groups in total. The zero-order valence-corrected chi connectivity index (χ0v) is 25.2. The van der Waals surface area contributed by atoms with Crippen LogP contribution in [-0.4, -0.2) is 57.4 Å². The number of carbonyl (C=O) groups is 1. The van der Waals surface area contributed by atoms with Gasteiger partial charge in [0.1, 0.15) is 11.4 Å². The number of benzene rings is 1. The van der Waals surface area contributed by atoms with Crippen molar-refractivity contribution in [2.75, 3.05) is 31.5 Å². The third-order valence-corrected chi connectivity index (χ3v) is 8.23. The summed E-state index contributed by atoms with van der Waals surface area (Å²) in [5, 5.41) is 7.85. The van der Waals surface area contributed by atoms with Crippen LogP contribution < -0.4 is 5.32 Å². The summed E-state index contributed by atoms with van der Waals surface area (Å²) in [6.07, 6.45) is 5.81. The van der Waals surface area contributed by atoms with Gasteiger partial charge in [0.25, 0.3) is 0 Å². The van der Waals surface area contributed by atoms with E-state index < -0.39 is 5.60 Å². The Morgan fingerprint density at radius 1 is 1.22 bits per heavy atom. The lowest BCUT2D eigenvalue weighted by molar-refractivity contribution is -0.155. The second-order valence-corrected chi connectivity index (χ2v) is 12.8. The zero-order chi connectivity index (χ0) is 29.1. The van der Waals surface area contributed by atoms with E-state index in [9.17, 15) is 9.18 Å². The van der Waals surface area contributed by atoms with E-state index in [2.05, 4.69) is 33.5 Å². The SMILES string of the molecule is Cc1nn(-c2cccc(C(CC(=O)OC(C)(C)C)CN3CCC(CCc4ccc5c(n4)NCCC5)C3)c2)c(C)c1F. The molecular weight excluding hydrogens is 517 g/mol. The fourth-order valence-corrected chi connectivity index (χ4v) is 6.14. The summed E-state index contributed by atoms with van der Waals surface area (Å²) >= 11 is 0. The maximum Gasteiger partial charge on any atom is 0.306 e. The minimum Gasteiger partial charge on any atom is -0.460 e. The van der Waals surface area contributed by atoms with Crippen LogP contribution in [0.4, 0.5) is 10.2 Å². The molecule has 2 aromatic heterocycles. The minimum absolute atomic E-state index is 0.0428. The first-order valence-corrected chi connectivity index (χ1v) is 15.0. The van der Waals surface area contributed by atoms with Crippen molar-refractivity contribution >= 4 is 11.8 Å². The normalized spacial score (nSPS) is 18.1. The van der Waals surface area contributed by atoms with Gasteiger partial charge in [0.05, 0.1) is 23.5 Å². The molecule has 5 rings (SSSR count). The molecule has 0 spiro atoms. The van der Waals surface area contributed by atoms with Crippen LogP contribution in [0, 0.1) is 25.6 Å². The van der Waals surface area contributed by atoms with Crippen molar-refractivity contribution in [2.24, 2.45) is 5.92 Å². The molecule has 2 atom stereocenters. The lowest BCUT2D eigenvalue weighted by Gasteiger charge is -2.26. The van der Waals surface area contributed by atoms with Gasteiger partial charge in [-0.3, -0.25) is 4.79 Å². The van der Waals surface area contributed by atoms with Crippen LogP contribution in [0.15, 0.2) is 36.4 Å². The van der Waals surface area contributed by atoms with Crippen molar-refractivity contribution in [3.05, 3.63) is 70.4 Å². The molecule has 0 radical (unpaired) electrons. The molecule has 1 fully saturated rings. The summed E-state index contributed by atoms with van der Waals surface area (Å²) in [5.41, 5.74) is 4.65. The van der Waals surface area contributed by atoms with E-state index in [1.807, 2.05) is 39.0 Å². The van der Waals surface area contributed by atoms with E-state index in [1.54, 1.807) is 18.5 Å². The van der Waals surface area contributed by atoms with Gasteiger partial charge in [-0.25, -0.2) is 14.1 Å². The molecule has 0 saturated carbocycles. The van der Waals surface area contributed by atoms with Gasteiger partial charge in [-0.15, -0.1) is 0 Å². The van der Waals surface area contributed by atoms with Crippen molar-refractivity contribution in [3.8, 4) is 5.69 Å². The van der Waals surface area contributed by atoms with Crippen LogP contribution in [0.3, 0.4) is 0 Å². The summed E-state index contributed by atoms with van der Waals surface area (Å²) in [5.74, 6) is 1.14. The fraction of sp³-hybridized carbons (Fsp3) is 0.545. The van der Waals surface area contributed by atoms with Crippen LogP contribution in [0.2, 0.25) is 0 Å². The van der Waals surface area contributed by atoms with Gasteiger partial charge in [0.2, 0.25) is 0 Å². The second kappa shape index (κ2) is 12.3. The van der Waals surface area contributed by atoms with Gasteiger partial charge in [0.15, 0.2) is 5.82 Å². The van der Waals surface area contributed by atoms with Crippen LogP contribution in [0.1, 0.15) is 80.6 Å². The van der Waals surface area contributed by atoms with Gasteiger partial charge in [-0.2, -0.15) is 5.10 Å². The van der Waals surface area contributed by atoms with Crippen molar-refractivity contribution in [2.45, 2.75) is 84.7 Å². The van der Waals surface area contributed by atoms with Gasteiger partial charge in [-0.1, -0.05) is 18.2 Å². The molecule has 1 saturated heterocycles. The second-order valence-electron chi connectivity index (χ2n) is 12.8. The number of aryl methyl sites for hydroxylation is 3. The minimum atomic E-state index is -0.538. The van der Waals surface area contributed by atoms with Crippen molar-refractivity contribution in [1.29, 1.82) is 0 Å². The summed E-state index contributed by atoms with van der Waals surface area (Å²) in [6.45, 7) is 12.9. The Kier molecular flexibility index (Phi) is 8.78. The third-order valence-electron chi connectivity index (χ3n) is 8.23. The number of pyridine rings is 1. The maximum absolute atomic E-state index is 14.4. The number of nitrogens with zero attached hydrogens (tertiary/aromatic N) is 4. The smallest absolute Gasteiger partial charge is 0.306 e. The number of aromatic nitrogens is 3. The molecule has 0 amide bonds. The largest absolute Gasteiger partial charge is 0.460 e. The molecule has 2 unspecified atom stereocenters. The van der Waals surface area contributed by atoms with Gasteiger partial charge >= 0.3 is 5.97 Å². The predicted octanol–water partition coefficient (Wildman–Crippen LogP) is 6.15. The molecule has 7 nitrogen and oxygen atoms in total. The van der Waals surface area contributed by atoms with E-state index in [1.165, 1.54) is 12.0 Å². The molecule has 0 aliphatic carbocycles. The summed E-state index contributed by atoms with van der Waals surface area (Å²) in [6, 6.07) is 12.4. The number of halogens is 1. The Morgan fingerprint density at radius 2 is 2.05 bits per heavy atom. The van der Waals surface area contributed by atoms with Crippen LogP contribution in [0.5, 0.6) is 0 Å². The lowest BCUT2D eigenvalue weighted by atomic mass is 9.94. The highest BCUT2D eigenvalue weighted by atomic mass is 19.1. The number of rotatable bonds is 9. The van der Waals surface area contributed by atoms with E-state index in [0.29, 0.717) is 23.7 Å². The highest BCUT2D eigenvalue weighted by molar-refractivity contribution is 5.71. The Hall–Kier alpha value is -3.26. The first kappa shape index (κ1) is 29.2. The molecule has 0 bridgehead atoms. The molecule has 220 valence electrons. The number of hydrogen-bond donors (Lipinski definition) is 1. The van der Waals surface area contributed by atoms with E-state index in [0.717, 1.165) is 74.6 Å². The summed E-state index contributed by atoms with van der Waals surface area (Å²) in [7, 11) is 0. The molecule has 3 aromatic rings. The Bertz CT molecular complexity index is 1380. The molecule has 41 heavy (non-hydrogen) atoms. The number of ether oxygens (including phenoxy) is 1. The van der Waals surface area contributed by atoms with E-state index in [-0.39, 0.29) is 17.7 Å². The van der Waals surface area contributed by atoms with E-state index in [4.69, 9.17) is 9.72 Å². The number of carbonyl (C=O) groups excluding carboxylic acids is 1. The zero-order valence-electron chi connectivity index (χ0n) is 25.2. The lowest BCUT2D eigenvalue weighted by Crippen LogP contribution is -2.30. The fourth-order valence-electron chi connectivity index (χ4n) is 6.14. The van der Waals surface area contributed by atoms with Gasteiger partial charge < -0.3 is 15.0 Å². The third kappa shape index (κ3) is 7.34. The Labute approximate surface area is 243 Å². The number of fused-ring (bicyclic) bond motifs is 1. The molecular formula is C33H44FN5O2. The quantitative estimate of drug-likeness (QED) is 0.316. The van der Waals surface area contributed by atoms with Crippen molar-refractivity contribution in [3.63, 3.8) is 0 Å². The van der Waals surface area contributed by atoms with Crippen molar-refractivity contribution < 1.29 is 13.9 Å². The van der Waals surface area contributed by atoms with Crippen LogP contribution in [0.25, 0.3) is 5.69 Å². The first-order valence-electron chi connectivity index (χ1n) is 15.0. The maximum atomic E-state index is 14.4.